The monoisotopic (exact) mass is 335 g/mol. The Balaban J connectivity index is 1.89. The fraction of sp³-hybridized carbons (Fsp3) is 0.562. The van der Waals surface area contributed by atoms with Crippen molar-refractivity contribution in [2.24, 2.45) is 0 Å². The maximum Gasteiger partial charge on any atom is 0.255 e. The molecule has 1 aliphatic heterocycles. The maximum atomic E-state index is 12.9. The van der Waals surface area contributed by atoms with Crippen molar-refractivity contribution in [1.29, 1.82) is 0 Å². The fourth-order valence-corrected chi connectivity index (χ4v) is 3.58. The van der Waals surface area contributed by atoms with Crippen LogP contribution in [0.15, 0.2) is 10.5 Å². The Morgan fingerprint density at radius 3 is 2.78 bits per heavy atom. The number of carbonyl (C=O) groups is 1. The average molecular weight is 335 g/mol. The molecule has 1 saturated heterocycles. The van der Waals surface area contributed by atoms with Gasteiger partial charge in [-0.3, -0.25) is 4.79 Å². The van der Waals surface area contributed by atoms with Crippen molar-refractivity contribution in [3.63, 3.8) is 0 Å². The summed E-state index contributed by atoms with van der Waals surface area (Å²) in [6, 6.07) is 1.62. The van der Waals surface area contributed by atoms with Crippen LogP contribution in [-0.2, 0) is 4.74 Å². The molecule has 0 N–H and O–H groups in total. The van der Waals surface area contributed by atoms with Gasteiger partial charge in [-0.25, -0.2) is 0 Å². The Labute approximate surface area is 139 Å². The minimum Gasteiger partial charge on any atom is -0.423 e. The first-order valence-electron chi connectivity index (χ1n) is 7.76. The first-order valence-corrected chi connectivity index (χ1v) is 8.58. The molecule has 0 saturated carbocycles. The fourth-order valence-electron chi connectivity index (χ4n) is 2.66. The maximum absolute atomic E-state index is 12.9. The second-order valence-electron chi connectivity index (χ2n) is 6.05. The number of rotatable bonds is 3. The highest BCUT2D eigenvalue weighted by Crippen LogP contribution is 2.29. The lowest BCUT2D eigenvalue weighted by Gasteiger charge is -2.33. The summed E-state index contributed by atoms with van der Waals surface area (Å²) in [5.74, 6) is 1.20. The van der Waals surface area contributed by atoms with Gasteiger partial charge in [0.15, 0.2) is 0 Å². The molecule has 0 bridgehead atoms. The summed E-state index contributed by atoms with van der Waals surface area (Å²) >= 11 is 1.64. The van der Waals surface area contributed by atoms with Gasteiger partial charge in [-0.15, -0.1) is 21.5 Å². The van der Waals surface area contributed by atoms with Crippen LogP contribution in [0, 0.1) is 13.8 Å². The van der Waals surface area contributed by atoms with E-state index in [0.717, 1.165) is 15.3 Å². The van der Waals surface area contributed by atoms with E-state index in [0.29, 0.717) is 31.5 Å². The van der Waals surface area contributed by atoms with Crippen molar-refractivity contribution in [1.82, 2.24) is 15.1 Å². The molecule has 23 heavy (non-hydrogen) atoms. The summed E-state index contributed by atoms with van der Waals surface area (Å²) < 4.78 is 11.3. The molecule has 6 nitrogen and oxygen atoms in total. The van der Waals surface area contributed by atoms with E-state index < -0.39 is 0 Å². The Bertz CT molecular complexity index is 707. The molecule has 7 heteroatoms. The smallest absolute Gasteiger partial charge is 0.255 e. The largest absolute Gasteiger partial charge is 0.423 e. The van der Waals surface area contributed by atoms with Crippen molar-refractivity contribution in [2.45, 2.75) is 39.7 Å². The van der Waals surface area contributed by atoms with Gasteiger partial charge < -0.3 is 14.1 Å². The third-order valence-electron chi connectivity index (χ3n) is 3.90. The highest BCUT2D eigenvalue weighted by molar-refractivity contribution is 7.12. The normalized spacial score (nSPS) is 18.7. The van der Waals surface area contributed by atoms with E-state index in [9.17, 15) is 4.79 Å². The molecule has 1 fully saturated rings. The lowest BCUT2D eigenvalue weighted by molar-refractivity contribution is -0.0107. The lowest BCUT2D eigenvalue weighted by Crippen LogP contribution is -2.43. The van der Waals surface area contributed by atoms with Gasteiger partial charge in [-0.05, 0) is 19.9 Å². The van der Waals surface area contributed by atoms with Crippen molar-refractivity contribution >= 4 is 17.2 Å². The van der Waals surface area contributed by atoms with Gasteiger partial charge in [0.2, 0.25) is 11.8 Å². The first kappa shape index (κ1) is 16.1. The molecule has 0 radical (unpaired) electrons. The molecular weight excluding hydrogens is 314 g/mol. The summed E-state index contributed by atoms with van der Waals surface area (Å²) in [5.41, 5.74) is 0.753. The summed E-state index contributed by atoms with van der Waals surface area (Å²) in [5, 5.41) is 8.20. The summed E-state index contributed by atoms with van der Waals surface area (Å²) in [7, 11) is 0. The van der Waals surface area contributed by atoms with Gasteiger partial charge in [0.1, 0.15) is 6.04 Å². The number of nitrogens with zero attached hydrogens (tertiary/aromatic N) is 3. The van der Waals surface area contributed by atoms with Crippen LogP contribution in [0.5, 0.6) is 0 Å². The standard InChI is InChI=1S/C16H21N3O3S/c1-9(2)14-17-18-15(22-14)13-8-21-6-5-19(13)16(20)12-7-10(3)23-11(12)4/h7,9,13H,5-6,8H2,1-4H3/t13-/m1/s1. The van der Waals surface area contributed by atoms with Crippen molar-refractivity contribution in [3.8, 4) is 0 Å². The predicted molar refractivity (Wildman–Crippen MR) is 86.8 cm³/mol. The van der Waals surface area contributed by atoms with E-state index in [1.54, 1.807) is 16.2 Å². The molecule has 1 aliphatic rings. The Kier molecular flexibility index (Phi) is 4.50. The zero-order valence-corrected chi connectivity index (χ0v) is 14.6. The van der Waals surface area contributed by atoms with Crippen LogP contribution in [0.1, 0.15) is 57.7 Å². The van der Waals surface area contributed by atoms with Gasteiger partial charge in [-0.2, -0.15) is 0 Å². The van der Waals surface area contributed by atoms with Crippen molar-refractivity contribution in [3.05, 3.63) is 33.2 Å². The SMILES string of the molecule is Cc1cc(C(=O)N2CCOC[C@@H]2c2nnc(C(C)C)o2)c(C)s1. The average Bonchev–Trinajstić information content (AvgIpc) is 3.13. The highest BCUT2D eigenvalue weighted by Gasteiger charge is 2.34. The number of hydrogen-bond acceptors (Lipinski definition) is 6. The number of ether oxygens (including phenoxy) is 1. The number of thiophene rings is 1. The third-order valence-corrected chi connectivity index (χ3v) is 4.86. The van der Waals surface area contributed by atoms with E-state index in [2.05, 4.69) is 10.2 Å². The molecule has 0 aromatic carbocycles. The van der Waals surface area contributed by atoms with Crippen LogP contribution in [0.3, 0.4) is 0 Å². The van der Waals surface area contributed by atoms with Crippen molar-refractivity contribution in [2.75, 3.05) is 19.8 Å². The summed E-state index contributed by atoms with van der Waals surface area (Å²) in [4.78, 5) is 16.9. The zero-order valence-electron chi connectivity index (χ0n) is 13.8. The number of aryl methyl sites for hydroxylation is 2. The van der Waals surface area contributed by atoms with Gasteiger partial charge in [0.05, 0.1) is 18.8 Å². The van der Waals surface area contributed by atoms with Gasteiger partial charge in [0.25, 0.3) is 5.91 Å². The Morgan fingerprint density at radius 1 is 1.39 bits per heavy atom. The predicted octanol–water partition coefficient (Wildman–Crippen LogP) is 3.09. The Morgan fingerprint density at radius 2 is 2.17 bits per heavy atom. The topological polar surface area (TPSA) is 68.5 Å². The van der Waals surface area contributed by atoms with E-state index in [1.165, 1.54) is 0 Å². The van der Waals surface area contributed by atoms with E-state index in [1.807, 2.05) is 33.8 Å². The van der Waals surface area contributed by atoms with E-state index in [4.69, 9.17) is 9.15 Å². The highest BCUT2D eigenvalue weighted by atomic mass is 32.1. The second-order valence-corrected chi connectivity index (χ2v) is 7.51. The molecular formula is C16H21N3O3S. The molecule has 1 amide bonds. The first-order chi connectivity index (χ1) is 11.0. The van der Waals surface area contributed by atoms with Crippen LogP contribution in [-0.4, -0.2) is 40.8 Å². The van der Waals surface area contributed by atoms with Crippen LogP contribution < -0.4 is 0 Å². The molecule has 2 aromatic rings. The van der Waals surface area contributed by atoms with Crippen LogP contribution in [0.4, 0.5) is 0 Å². The van der Waals surface area contributed by atoms with Crippen LogP contribution >= 0.6 is 11.3 Å². The number of carbonyl (C=O) groups excluding carboxylic acids is 1. The second kappa shape index (κ2) is 6.41. The number of amides is 1. The molecule has 1 atom stereocenters. The van der Waals surface area contributed by atoms with Crippen LogP contribution in [0.2, 0.25) is 0 Å². The number of morpholine rings is 1. The number of aromatic nitrogens is 2. The van der Waals surface area contributed by atoms with Crippen LogP contribution in [0.25, 0.3) is 0 Å². The molecule has 2 aromatic heterocycles. The van der Waals surface area contributed by atoms with Gasteiger partial charge in [-0.1, -0.05) is 13.8 Å². The van der Waals surface area contributed by atoms with E-state index >= 15 is 0 Å². The Hall–Kier alpha value is -1.73. The van der Waals surface area contributed by atoms with E-state index in [-0.39, 0.29) is 17.9 Å². The quantitative estimate of drug-likeness (QED) is 0.862. The van der Waals surface area contributed by atoms with Crippen molar-refractivity contribution < 1.29 is 13.9 Å². The zero-order chi connectivity index (χ0) is 16.6. The molecule has 0 aliphatic carbocycles. The molecule has 124 valence electrons. The molecule has 0 unspecified atom stereocenters. The van der Waals surface area contributed by atoms with Gasteiger partial charge in [0, 0.05) is 22.2 Å². The molecule has 0 spiro atoms. The minimum atomic E-state index is -0.323. The molecule has 3 heterocycles. The summed E-state index contributed by atoms with van der Waals surface area (Å²) in [6.07, 6.45) is 0. The minimum absolute atomic E-state index is 0.00412. The lowest BCUT2D eigenvalue weighted by atomic mass is 10.1. The summed E-state index contributed by atoms with van der Waals surface area (Å²) in [6.45, 7) is 9.41. The third kappa shape index (κ3) is 3.16. The van der Waals surface area contributed by atoms with Gasteiger partial charge >= 0.3 is 0 Å². The molecule has 3 rings (SSSR count). The number of hydrogen-bond donors (Lipinski definition) is 0.